The molecule has 0 atom stereocenters. The van der Waals surface area contributed by atoms with Crippen molar-refractivity contribution in [3.05, 3.63) is 35.6 Å². The maximum atomic E-state index is 13.4. The zero-order valence-corrected chi connectivity index (χ0v) is 21.8. The van der Waals surface area contributed by atoms with Crippen molar-refractivity contribution in [1.29, 1.82) is 0 Å². The standard InChI is InChI=1S/C22H28ClFN4O4S2/c1-21(2,3)28(20(29)30)14-22(4)8-10-27(11-9-22)17-12-26-18(13-25-17)33-15-6-5-7-16(19(15)23)34(24,31)32/h5-7,12-13H,8-11,14H2,1-4H3,(H,29,30). The molecule has 1 N–H and O–H groups in total. The number of amides is 1. The summed E-state index contributed by atoms with van der Waals surface area (Å²) in [7, 11) is -4.92. The first-order valence-corrected chi connectivity index (χ1v) is 13.3. The van der Waals surface area contributed by atoms with E-state index in [1.54, 1.807) is 18.5 Å². The highest BCUT2D eigenvalue weighted by Gasteiger charge is 2.37. The number of carboxylic acid groups (broad SMARTS) is 1. The molecule has 0 radical (unpaired) electrons. The first-order chi connectivity index (χ1) is 15.7. The highest BCUT2D eigenvalue weighted by Crippen LogP contribution is 2.38. The van der Waals surface area contributed by atoms with Crippen LogP contribution in [0.25, 0.3) is 0 Å². The number of nitrogens with zero attached hydrogens (tertiary/aromatic N) is 4. The summed E-state index contributed by atoms with van der Waals surface area (Å²) in [5.74, 6) is 0.698. The van der Waals surface area contributed by atoms with Crippen LogP contribution in [-0.4, -0.2) is 59.7 Å². The van der Waals surface area contributed by atoms with E-state index in [0.717, 1.165) is 43.8 Å². The number of carbonyl (C=O) groups is 1. The average molecular weight is 531 g/mol. The number of anilines is 1. The van der Waals surface area contributed by atoms with Gasteiger partial charge >= 0.3 is 16.3 Å². The van der Waals surface area contributed by atoms with Gasteiger partial charge in [0.25, 0.3) is 0 Å². The number of piperidine rings is 1. The fourth-order valence-corrected chi connectivity index (χ4v) is 5.73. The fraction of sp³-hybridized carbons (Fsp3) is 0.500. The third kappa shape index (κ3) is 6.31. The van der Waals surface area contributed by atoms with E-state index in [-0.39, 0.29) is 10.4 Å². The van der Waals surface area contributed by atoms with E-state index in [2.05, 4.69) is 21.8 Å². The lowest BCUT2D eigenvalue weighted by Crippen LogP contribution is -2.52. The van der Waals surface area contributed by atoms with Crippen LogP contribution < -0.4 is 4.90 Å². The summed E-state index contributed by atoms with van der Waals surface area (Å²) in [6, 6.07) is 4.11. The first-order valence-electron chi connectivity index (χ1n) is 10.7. The van der Waals surface area contributed by atoms with Crippen molar-refractivity contribution in [3.63, 3.8) is 0 Å². The Balaban J connectivity index is 1.65. The number of halogens is 2. The molecule has 2 heterocycles. The van der Waals surface area contributed by atoms with Gasteiger partial charge in [0.1, 0.15) is 15.7 Å². The number of rotatable bonds is 6. The lowest BCUT2D eigenvalue weighted by molar-refractivity contribution is 0.0593. The van der Waals surface area contributed by atoms with Crippen LogP contribution in [0.5, 0.6) is 0 Å². The molecule has 0 saturated carbocycles. The van der Waals surface area contributed by atoms with E-state index < -0.39 is 26.8 Å². The van der Waals surface area contributed by atoms with E-state index in [1.165, 1.54) is 11.0 Å². The zero-order chi connectivity index (χ0) is 25.3. The van der Waals surface area contributed by atoms with E-state index >= 15 is 0 Å². The molecule has 3 rings (SSSR count). The molecule has 1 fully saturated rings. The maximum Gasteiger partial charge on any atom is 0.407 e. The molecule has 2 aromatic rings. The highest BCUT2D eigenvalue weighted by atomic mass is 35.5. The predicted octanol–water partition coefficient (Wildman–Crippen LogP) is 5.32. The smallest absolute Gasteiger partial charge is 0.407 e. The van der Waals surface area contributed by atoms with Crippen molar-refractivity contribution in [2.24, 2.45) is 5.41 Å². The minimum atomic E-state index is -4.92. The summed E-state index contributed by atoms with van der Waals surface area (Å²) in [6.45, 7) is 9.72. The molecule has 1 amide bonds. The van der Waals surface area contributed by atoms with E-state index in [9.17, 15) is 22.2 Å². The van der Waals surface area contributed by atoms with Gasteiger partial charge in [0.05, 0.1) is 17.4 Å². The van der Waals surface area contributed by atoms with E-state index in [0.29, 0.717) is 22.3 Å². The molecule has 1 saturated heterocycles. The summed E-state index contributed by atoms with van der Waals surface area (Å²) in [5.41, 5.74) is -0.605. The van der Waals surface area contributed by atoms with Gasteiger partial charge in [-0.2, -0.15) is 8.42 Å². The Hall–Kier alpha value is -2.11. The van der Waals surface area contributed by atoms with Crippen LogP contribution in [0.2, 0.25) is 5.02 Å². The van der Waals surface area contributed by atoms with E-state index in [4.69, 9.17) is 11.6 Å². The lowest BCUT2D eigenvalue weighted by Gasteiger charge is -2.45. The molecule has 186 valence electrons. The Bertz CT molecular complexity index is 1150. The minimum Gasteiger partial charge on any atom is -0.465 e. The zero-order valence-electron chi connectivity index (χ0n) is 19.5. The second kappa shape index (κ2) is 9.87. The fourth-order valence-electron chi connectivity index (χ4n) is 3.80. The normalized spacial score (nSPS) is 16.4. The summed E-state index contributed by atoms with van der Waals surface area (Å²) in [6.07, 6.45) is 3.90. The third-order valence-corrected chi connectivity index (χ3v) is 8.37. The predicted molar refractivity (Wildman–Crippen MR) is 130 cm³/mol. The Labute approximate surface area is 208 Å². The SMILES string of the molecule is CC1(CN(C(=O)O)C(C)(C)C)CCN(c2cnc(Sc3cccc(S(=O)(=O)F)c3Cl)cn2)CC1. The molecule has 0 unspecified atom stereocenters. The number of hydrogen-bond donors (Lipinski definition) is 1. The van der Waals surface area contributed by atoms with Crippen LogP contribution >= 0.6 is 23.4 Å². The van der Waals surface area contributed by atoms with Crippen molar-refractivity contribution in [1.82, 2.24) is 14.9 Å². The maximum absolute atomic E-state index is 13.4. The van der Waals surface area contributed by atoms with Gasteiger partial charge in [0.2, 0.25) is 0 Å². The van der Waals surface area contributed by atoms with Gasteiger partial charge < -0.3 is 14.9 Å². The van der Waals surface area contributed by atoms with Gasteiger partial charge in [-0.1, -0.05) is 36.4 Å². The minimum absolute atomic E-state index is 0.135. The van der Waals surface area contributed by atoms with Crippen LogP contribution in [0.15, 0.2) is 45.4 Å². The van der Waals surface area contributed by atoms with Crippen LogP contribution in [0.3, 0.4) is 0 Å². The summed E-state index contributed by atoms with van der Waals surface area (Å²) in [5, 5.41) is 9.92. The first kappa shape index (κ1) is 26.5. The van der Waals surface area contributed by atoms with Crippen molar-refractivity contribution in [2.45, 2.75) is 60.9 Å². The Kier molecular flexibility index (Phi) is 7.69. The van der Waals surface area contributed by atoms with Crippen LogP contribution in [0.4, 0.5) is 14.5 Å². The Morgan fingerprint density at radius 3 is 2.41 bits per heavy atom. The van der Waals surface area contributed by atoms with Gasteiger partial charge in [-0.05, 0) is 51.2 Å². The molecule has 0 spiro atoms. The molecule has 1 aromatic heterocycles. The molecular formula is C22H28ClFN4O4S2. The summed E-state index contributed by atoms with van der Waals surface area (Å²) >= 11 is 7.17. The molecule has 0 aliphatic carbocycles. The molecule has 12 heteroatoms. The molecule has 34 heavy (non-hydrogen) atoms. The van der Waals surface area contributed by atoms with Crippen LogP contribution in [-0.2, 0) is 10.2 Å². The largest absolute Gasteiger partial charge is 0.465 e. The highest BCUT2D eigenvalue weighted by molar-refractivity contribution is 7.99. The Morgan fingerprint density at radius 2 is 1.91 bits per heavy atom. The van der Waals surface area contributed by atoms with E-state index in [1.807, 2.05) is 20.8 Å². The average Bonchev–Trinajstić information content (AvgIpc) is 2.73. The number of hydrogen-bond acceptors (Lipinski definition) is 7. The van der Waals surface area contributed by atoms with Gasteiger partial charge in [0.15, 0.2) is 0 Å². The van der Waals surface area contributed by atoms with Gasteiger partial charge in [-0.15, -0.1) is 3.89 Å². The Morgan fingerprint density at radius 1 is 1.26 bits per heavy atom. The van der Waals surface area contributed by atoms with Gasteiger partial charge in [-0.3, -0.25) is 0 Å². The van der Waals surface area contributed by atoms with Crippen LogP contribution in [0, 0.1) is 5.41 Å². The molecule has 8 nitrogen and oxygen atoms in total. The molecule has 1 aliphatic rings. The van der Waals surface area contributed by atoms with Gasteiger partial charge in [0, 0.05) is 30.1 Å². The topological polar surface area (TPSA) is 104 Å². The summed E-state index contributed by atoms with van der Waals surface area (Å²) in [4.78, 5) is 24.0. The van der Waals surface area contributed by atoms with Crippen molar-refractivity contribution >= 4 is 45.5 Å². The lowest BCUT2D eigenvalue weighted by atomic mass is 9.79. The number of aromatic nitrogens is 2. The summed E-state index contributed by atoms with van der Waals surface area (Å²) < 4.78 is 35.9. The molecule has 0 bridgehead atoms. The van der Waals surface area contributed by atoms with Crippen molar-refractivity contribution in [3.8, 4) is 0 Å². The van der Waals surface area contributed by atoms with Crippen molar-refractivity contribution < 1.29 is 22.2 Å². The second-order valence-corrected chi connectivity index (χ2v) is 12.4. The molecular weight excluding hydrogens is 503 g/mol. The second-order valence-electron chi connectivity index (χ2n) is 9.66. The van der Waals surface area contributed by atoms with Crippen molar-refractivity contribution in [2.75, 3.05) is 24.5 Å². The van der Waals surface area contributed by atoms with Crippen LogP contribution in [0.1, 0.15) is 40.5 Å². The quantitative estimate of drug-likeness (QED) is 0.500. The third-order valence-electron chi connectivity index (χ3n) is 5.89. The number of benzene rings is 1. The monoisotopic (exact) mass is 530 g/mol. The van der Waals surface area contributed by atoms with Gasteiger partial charge in [-0.25, -0.2) is 14.8 Å². The molecule has 1 aromatic carbocycles. The molecule has 1 aliphatic heterocycles.